The van der Waals surface area contributed by atoms with Crippen molar-refractivity contribution in [3.8, 4) is 0 Å². The number of benzene rings is 2. The lowest BCUT2D eigenvalue weighted by atomic mass is 10.1. The Balaban J connectivity index is 0.00000264. The van der Waals surface area contributed by atoms with Crippen LogP contribution in [0.25, 0.3) is 0 Å². The van der Waals surface area contributed by atoms with E-state index >= 15 is 0 Å². The summed E-state index contributed by atoms with van der Waals surface area (Å²) in [5.41, 5.74) is 8.69. The molecule has 0 saturated carbocycles. The fraction of sp³-hybridized carbons (Fsp3) is 0.316. The Kier molecular flexibility index (Phi) is 8.38. The van der Waals surface area contributed by atoms with Crippen molar-refractivity contribution in [3.05, 3.63) is 71.3 Å². The van der Waals surface area contributed by atoms with Gasteiger partial charge in [0.05, 0.1) is 0 Å². The Morgan fingerprint density at radius 1 is 0.957 bits per heavy atom. The minimum atomic E-state index is 0. The van der Waals surface area contributed by atoms with E-state index in [0.29, 0.717) is 6.54 Å². The molecule has 124 valence electrons. The summed E-state index contributed by atoms with van der Waals surface area (Å²) in [6, 6.07) is 18.0. The van der Waals surface area contributed by atoms with Gasteiger partial charge in [0.2, 0.25) is 0 Å². The molecule has 0 aliphatic heterocycles. The quantitative estimate of drug-likeness (QED) is 0.786. The van der Waals surface area contributed by atoms with Crippen LogP contribution in [0.15, 0.2) is 54.6 Å². The number of nitrogens with zero attached hydrogens (tertiary/aromatic N) is 1. The van der Waals surface area contributed by atoms with Gasteiger partial charge in [-0.3, -0.25) is 4.79 Å². The Bertz CT molecular complexity index is 584. The zero-order chi connectivity index (χ0) is 15.8. The van der Waals surface area contributed by atoms with Crippen LogP contribution in [0.5, 0.6) is 0 Å². The van der Waals surface area contributed by atoms with E-state index in [1.54, 1.807) is 4.90 Å². The maximum absolute atomic E-state index is 12.3. The van der Waals surface area contributed by atoms with E-state index in [2.05, 4.69) is 24.3 Å². The van der Waals surface area contributed by atoms with Crippen molar-refractivity contribution in [2.45, 2.75) is 25.8 Å². The van der Waals surface area contributed by atoms with Gasteiger partial charge in [0, 0.05) is 25.7 Å². The van der Waals surface area contributed by atoms with Crippen LogP contribution < -0.4 is 5.73 Å². The molecule has 0 spiro atoms. The van der Waals surface area contributed by atoms with Crippen LogP contribution in [-0.2, 0) is 13.0 Å². The molecule has 0 bridgehead atoms. The van der Waals surface area contributed by atoms with Crippen molar-refractivity contribution in [3.63, 3.8) is 0 Å². The number of hydrogen-bond acceptors (Lipinski definition) is 2. The van der Waals surface area contributed by atoms with Gasteiger partial charge in [0.1, 0.15) is 0 Å². The second-order valence-electron chi connectivity index (χ2n) is 5.57. The zero-order valence-corrected chi connectivity index (χ0v) is 14.4. The average Bonchev–Trinajstić information content (AvgIpc) is 2.59. The largest absolute Gasteiger partial charge is 0.342 e. The van der Waals surface area contributed by atoms with E-state index in [0.717, 1.165) is 36.9 Å². The summed E-state index contributed by atoms with van der Waals surface area (Å²) in [7, 11) is 1.86. The smallest absolute Gasteiger partial charge is 0.253 e. The molecule has 4 heteroatoms. The molecular formula is C19H25ClN2O. The van der Waals surface area contributed by atoms with Gasteiger partial charge in [-0.15, -0.1) is 12.4 Å². The van der Waals surface area contributed by atoms with Crippen LogP contribution in [-0.4, -0.2) is 24.4 Å². The number of carbonyl (C=O) groups excluding carboxylic acids is 1. The fourth-order valence-corrected chi connectivity index (χ4v) is 2.43. The van der Waals surface area contributed by atoms with Crippen LogP contribution in [0, 0.1) is 0 Å². The normalized spacial score (nSPS) is 10.0. The molecule has 2 aromatic carbocycles. The van der Waals surface area contributed by atoms with Gasteiger partial charge in [-0.05, 0) is 42.5 Å². The average molecular weight is 333 g/mol. The molecule has 1 amide bonds. The van der Waals surface area contributed by atoms with Gasteiger partial charge < -0.3 is 10.6 Å². The Morgan fingerprint density at radius 2 is 1.61 bits per heavy atom. The summed E-state index contributed by atoms with van der Waals surface area (Å²) in [5, 5.41) is 0. The molecule has 3 nitrogen and oxygen atoms in total. The summed E-state index contributed by atoms with van der Waals surface area (Å²) in [6.45, 7) is 1.29. The van der Waals surface area contributed by atoms with Crippen molar-refractivity contribution in [2.24, 2.45) is 5.73 Å². The number of nitrogens with two attached hydrogens (primary N) is 1. The minimum Gasteiger partial charge on any atom is -0.342 e. The highest BCUT2D eigenvalue weighted by Gasteiger charge is 2.10. The van der Waals surface area contributed by atoms with Crippen LogP contribution in [0.1, 0.15) is 34.3 Å². The lowest BCUT2D eigenvalue weighted by molar-refractivity contribution is 0.0793. The topological polar surface area (TPSA) is 46.3 Å². The second-order valence-corrected chi connectivity index (χ2v) is 5.57. The van der Waals surface area contributed by atoms with Crippen LogP contribution in [0.3, 0.4) is 0 Å². The van der Waals surface area contributed by atoms with E-state index in [1.807, 2.05) is 37.4 Å². The highest BCUT2D eigenvalue weighted by molar-refractivity contribution is 5.94. The number of aryl methyl sites for hydroxylation is 1. The number of amides is 1. The Morgan fingerprint density at radius 3 is 2.22 bits per heavy atom. The fourth-order valence-electron chi connectivity index (χ4n) is 2.43. The Labute approximate surface area is 144 Å². The predicted molar refractivity (Wildman–Crippen MR) is 97.9 cm³/mol. The molecule has 2 aromatic rings. The molecular weight excluding hydrogens is 308 g/mol. The standard InChI is InChI=1S/C19H24N2O.ClH/c1-21(14-6-5-9-16-7-3-2-4-8-16)19(22)18-12-10-17(15-20)11-13-18;/h2-4,7-8,10-13H,5-6,9,14-15,20H2,1H3;1H. The third-order valence-corrected chi connectivity index (χ3v) is 3.84. The molecule has 0 saturated heterocycles. The van der Waals surface area contributed by atoms with E-state index in [4.69, 9.17) is 5.73 Å². The summed E-state index contributed by atoms with van der Waals surface area (Å²) >= 11 is 0. The number of halogens is 1. The lowest BCUT2D eigenvalue weighted by Crippen LogP contribution is -2.27. The molecule has 0 unspecified atom stereocenters. The van der Waals surface area contributed by atoms with Gasteiger partial charge in [0.25, 0.3) is 5.91 Å². The summed E-state index contributed by atoms with van der Waals surface area (Å²) in [5.74, 6) is 0.0725. The molecule has 0 aliphatic rings. The zero-order valence-electron chi connectivity index (χ0n) is 13.6. The third kappa shape index (κ3) is 6.05. The van der Waals surface area contributed by atoms with Gasteiger partial charge in [-0.2, -0.15) is 0 Å². The van der Waals surface area contributed by atoms with Crippen molar-refractivity contribution in [1.29, 1.82) is 0 Å². The van der Waals surface area contributed by atoms with Crippen molar-refractivity contribution < 1.29 is 4.79 Å². The van der Waals surface area contributed by atoms with Gasteiger partial charge in [-0.1, -0.05) is 42.5 Å². The molecule has 2 N–H and O–H groups in total. The van der Waals surface area contributed by atoms with Gasteiger partial charge >= 0.3 is 0 Å². The minimum absolute atomic E-state index is 0. The molecule has 23 heavy (non-hydrogen) atoms. The Hall–Kier alpha value is -1.84. The molecule has 0 aromatic heterocycles. The maximum Gasteiger partial charge on any atom is 0.253 e. The van der Waals surface area contributed by atoms with Crippen LogP contribution in [0.2, 0.25) is 0 Å². The van der Waals surface area contributed by atoms with E-state index in [1.165, 1.54) is 5.56 Å². The third-order valence-electron chi connectivity index (χ3n) is 3.84. The molecule has 0 aliphatic carbocycles. The van der Waals surface area contributed by atoms with E-state index < -0.39 is 0 Å². The maximum atomic E-state index is 12.3. The molecule has 0 atom stereocenters. The summed E-state index contributed by atoms with van der Waals surface area (Å²) in [4.78, 5) is 14.1. The highest BCUT2D eigenvalue weighted by Crippen LogP contribution is 2.09. The van der Waals surface area contributed by atoms with E-state index in [-0.39, 0.29) is 18.3 Å². The molecule has 0 fully saturated rings. The number of unbranched alkanes of at least 4 members (excludes halogenated alkanes) is 1. The first-order chi connectivity index (χ1) is 10.7. The van der Waals surface area contributed by atoms with Crippen LogP contribution >= 0.6 is 12.4 Å². The number of rotatable bonds is 7. The van der Waals surface area contributed by atoms with E-state index in [9.17, 15) is 4.79 Å². The molecule has 2 rings (SSSR count). The predicted octanol–water partition coefficient (Wildman–Crippen LogP) is 3.66. The van der Waals surface area contributed by atoms with Gasteiger partial charge in [0.15, 0.2) is 0 Å². The first-order valence-corrected chi connectivity index (χ1v) is 7.79. The lowest BCUT2D eigenvalue weighted by Gasteiger charge is -2.17. The summed E-state index contributed by atoms with van der Waals surface area (Å²) in [6.07, 6.45) is 3.17. The summed E-state index contributed by atoms with van der Waals surface area (Å²) < 4.78 is 0. The van der Waals surface area contributed by atoms with Gasteiger partial charge in [-0.25, -0.2) is 0 Å². The SMILES string of the molecule is CN(CCCCc1ccccc1)C(=O)c1ccc(CN)cc1.Cl. The first-order valence-electron chi connectivity index (χ1n) is 7.79. The molecule has 0 heterocycles. The monoisotopic (exact) mass is 332 g/mol. The molecule has 0 radical (unpaired) electrons. The van der Waals surface area contributed by atoms with Crippen molar-refractivity contribution in [1.82, 2.24) is 4.90 Å². The van der Waals surface area contributed by atoms with Crippen LogP contribution in [0.4, 0.5) is 0 Å². The number of hydrogen-bond donors (Lipinski definition) is 1. The van der Waals surface area contributed by atoms with Crippen molar-refractivity contribution in [2.75, 3.05) is 13.6 Å². The van der Waals surface area contributed by atoms with Crippen molar-refractivity contribution >= 4 is 18.3 Å². The highest BCUT2D eigenvalue weighted by atomic mass is 35.5. The first kappa shape index (κ1) is 19.2. The number of carbonyl (C=O) groups is 1. The second kappa shape index (κ2) is 10.0.